The van der Waals surface area contributed by atoms with Crippen LogP contribution < -0.4 is 0 Å². The highest BCUT2D eigenvalue weighted by Crippen LogP contribution is 2.07. The van der Waals surface area contributed by atoms with Crippen molar-refractivity contribution in [3.8, 4) is 11.8 Å². The Morgan fingerprint density at radius 2 is 1.78 bits per heavy atom. The Hall–Kier alpha value is -1.49. The number of allylic oxidation sites excluding steroid dienone is 3. The molecule has 0 spiro atoms. The van der Waals surface area contributed by atoms with E-state index in [4.69, 9.17) is 5.11 Å². The van der Waals surface area contributed by atoms with Crippen LogP contribution >= 0.6 is 0 Å². The maximum Gasteiger partial charge on any atom is 0.307 e. The van der Waals surface area contributed by atoms with Gasteiger partial charge in [-0.05, 0) is 40.0 Å². The zero-order valence-electron chi connectivity index (χ0n) is 11.8. The van der Waals surface area contributed by atoms with Crippen molar-refractivity contribution in [2.24, 2.45) is 0 Å². The predicted octanol–water partition coefficient (Wildman–Crippen LogP) is 4.33. The molecule has 0 atom stereocenters. The first-order valence-electron chi connectivity index (χ1n) is 6.49. The molecule has 100 valence electrons. The lowest BCUT2D eigenvalue weighted by Crippen LogP contribution is -1.91. The van der Waals surface area contributed by atoms with Crippen molar-refractivity contribution in [1.29, 1.82) is 0 Å². The topological polar surface area (TPSA) is 37.3 Å². The van der Waals surface area contributed by atoms with Crippen molar-refractivity contribution in [3.05, 3.63) is 23.3 Å². The van der Waals surface area contributed by atoms with Crippen LogP contribution in [-0.2, 0) is 4.79 Å². The van der Waals surface area contributed by atoms with E-state index in [1.165, 1.54) is 5.57 Å². The molecule has 0 heterocycles. The third-order valence-corrected chi connectivity index (χ3v) is 2.44. The van der Waals surface area contributed by atoms with Crippen molar-refractivity contribution >= 4 is 5.97 Å². The van der Waals surface area contributed by atoms with Crippen molar-refractivity contribution < 1.29 is 9.90 Å². The summed E-state index contributed by atoms with van der Waals surface area (Å²) >= 11 is 0. The standard InChI is InChI=1S/C16H24O2/c1-14(2)10-8-6-4-5-7-9-11-15(3)12-13-16(17)18/h10,12H,6-9,11,13H2,1-3H3,(H,17,18)/b15-12+. The number of carboxylic acid groups (broad SMARTS) is 1. The van der Waals surface area contributed by atoms with Crippen LogP contribution in [0.15, 0.2) is 23.3 Å². The molecular formula is C16H24O2. The Kier molecular flexibility index (Phi) is 9.77. The molecule has 2 nitrogen and oxygen atoms in total. The summed E-state index contributed by atoms with van der Waals surface area (Å²) < 4.78 is 0. The molecule has 0 saturated heterocycles. The van der Waals surface area contributed by atoms with Gasteiger partial charge in [0.05, 0.1) is 6.42 Å². The largest absolute Gasteiger partial charge is 0.481 e. The van der Waals surface area contributed by atoms with Crippen LogP contribution in [-0.4, -0.2) is 11.1 Å². The number of unbranched alkanes of at least 4 members (excludes halogenated alkanes) is 2. The van der Waals surface area contributed by atoms with Crippen molar-refractivity contribution in [1.82, 2.24) is 0 Å². The second-order valence-corrected chi connectivity index (χ2v) is 4.68. The SMILES string of the molecule is CC(C)=CCCC#CCCC/C(C)=C/CC(=O)O. The number of carboxylic acids is 1. The van der Waals surface area contributed by atoms with Gasteiger partial charge in [0.2, 0.25) is 0 Å². The maximum absolute atomic E-state index is 10.4. The molecule has 0 aromatic heterocycles. The van der Waals surface area contributed by atoms with E-state index in [-0.39, 0.29) is 6.42 Å². The Balaban J connectivity index is 3.61. The Bertz CT molecular complexity index is 360. The quantitative estimate of drug-likeness (QED) is 0.413. The van der Waals surface area contributed by atoms with Gasteiger partial charge < -0.3 is 5.11 Å². The van der Waals surface area contributed by atoms with Crippen LogP contribution in [0, 0.1) is 11.8 Å². The molecule has 0 rings (SSSR count). The van der Waals surface area contributed by atoms with E-state index in [1.807, 2.05) is 6.92 Å². The summed E-state index contributed by atoms with van der Waals surface area (Å²) in [7, 11) is 0. The van der Waals surface area contributed by atoms with Gasteiger partial charge in [-0.2, -0.15) is 0 Å². The Morgan fingerprint density at radius 1 is 1.11 bits per heavy atom. The normalized spacial score (nSPS) is 10.5. The van der Waals surface area contributed by atoms with Crippen LogP contribution in [0.5, 0.6) is 0 Å². The van der Waals surface area contributed by atoms with E-state index >= 15 is 0 Å². The number of carbonyl (C=O) groups is 1. The van der Waals surface area contributed by atoms with E-state index < -0.39 is 5.97 Å². The van der Waals surface area contributed by atoms with Crippen LogP contribution in [0.25, 0.3) is 0 Å². The van der Waals surface area contributed by atoms with Gasteiger partial charge in [-0.15, -0.1) is 11.8 Å². The van der Waals surface area contributed by atoms with Gasteiger partial charge >= 0.3 is 5.97 Å². The fraction of sp³-hybridized carbons (Fsp3) is 0.562. The molecule has 0 bridgehead atoms. The highest BCUT2D eigenvalue weighted by Gasteiger charge is 1.94. The lowest BCUT2D eigenvalue weighted by Gasteiger charge is -1.97. The highest BCUT2D eigenvalue weighted by atomic mass is 16.4. The first-order chi connectivity index (χ1) is 8.52. The number of hydrogen-bond donors (Lipinski definition) is 1. The first kappa shape index (κ1) is 16.5. The number of hydrogen-bond acceptors (Lipinski definition) is 1. The van der Waals surface area contributed by atoms with Crippen molar-refractivity contribution in [2.45, 2.75) is 59.3 Å². The summed E-state index contributed by atoms with van der Waals surface area (Å²) in [5.74, 6) is 5.54. The number of aliphatic carboxylic acids is 1. The smallest absolute Gasteiger partial charge is 0.307 e. The zero-order chi connectivity index (χ0) is 13.8. The fourth-order valence-corrected chi connectivity index (χ4v) is 1.43. The molecule has 2 heteroatoms. The zero-order valence-corrected chi connectivity index (χ0v) is 11.8. The second-order valence-electron chi connectivity index (χ2n) is 4.68. The minimum absolute atomic E-state index is 0.125. The Morgan fingerprint density at radius 3 is 2.39 bits per heavy atom. The molecule has 0 aliphatic carbocycles. The van der Waals surface area contributed by atoms with Crippen molar-refractivity contribution in [3.63, 3.8) is 0 Å². The van der Waals surface area contributed by atoms with Gasteiger partial charge in [-0.3, -0.25) is 4.79 Å². The molecule has 0 fully saturated rings. The highest BCUT2D eigenvalue weighted by molar-refractivity contribution is 5.68. The van der Waals surface area contributed by atoms with E-state index in [9.17, 15) is 4.79 Å². The molecular weight excluding hydrogens is 224 g/mol. The maximum atomic E-state index is 10.4. The first-order valence-corrected chi connectivity index (χ1v) is 6.49. The van der Waals surface area contributed by atoms with Gasteiger partial charge in [0, 0.05) is 12.8 Å². The molecule has 18 heavy (non-hydrogen) atoms. The molecule has 0 radical (unpaired) electrons. The monoisotopic (exact) mass is 248 g/mol. The molecule has 0 aliphatic heterocycles. The summed E-state index contributed by atoms with van der Waals surface area (Å²) in [5.41, 5.74) is 2.49. The van der Waals surface area contributed by atoms with Crippen LogP contribution in [0.4, 0.5) is 0 Å². The van der Waals surface area contributed by atoms with Gasteiger partial charge in [-0.1, -0.05) is 23.3 Å². The Labute approximate surface area is 111 Å². The fourth-order valence-electron chi connectivity index (χ4n) is 1.43. The molecule has 0 aromatic rings. The molecule has 0 aromatic carbocycles. The molecule has 0 aliphatic rings. The van der Waals surface area contributed by atoms with Gasteiger partial charge in [0.1, 0.15) is 0 Å². The van der Waals surface area contributed by atoms with E-state index in [0.717, 1.165) is 37.7 Å². The minimum Gasteiger partial charge on any atom is -0.481 e. The van der Waals surface area contributed by atoms with Crippen LogP contribution in [0.2, 0.25) is 0 Å². The van der Waals surface area contributed by atoms with Crippen LogP contribution in [0.1, 0.15) is 59.3 Å². The lowest BCUT2D eigenvalue weighted by molar-refractivity contribution is -0.136. The van der Waals surface area contributed by atoms with E-state index in [2.05, 4.69) is 31.8 Å². The van der Waals surface area contributed by atoms with E-state index in [1.54, 1.807) is 6.08 Å². The predicted molar refractivity (Wildman–Crippen MR) is 76.3 cm³/mol. The molecule has 1 N–H and O–H groups in total. The minimum atomic E-state index is -0.770. The third-order valence-electron chi connectivity index (χ3n) is 2.44. The second kappa shape index (κ2) is 10.7. The lowest BCUT2D eigenvalue weighted by atomic mass is 10.1. The number of rotatable bonds is 7. The summed E-state index contributed by atoms with van der Waals surface area (Å²) in [6, 6.07) is 0. The molecule has 0 saturated carbocycles. The average molecular weight is 248 g/mol. The summed E-state index contributed by atoms with van der Waals surface area (Å²) in [4.78, 5) is 10.4. The van der Waals surface area contributed by atoms with E-state index in [0.29, 0.717) is 0 Å². The third kappa shape index (κ3) is 12.6. The van der Waals surface area contributed by atoms with Gasteiger partial charge in [0.25, 0.3) is 0 Å². The van der Waals surface area contributed by atoms with Gasteiger partial charge in [0.15, 0.2) is 0 Å². The average Bonchev–Trinajstić information content (AvgIpc) is 2.29. The van der Waals surface area contributed by atoms with Crippen molar-refractivity contribution in [2.75, 3.05) is 0 Å². The molecule has 0 amide bonds. The summed E-state index contributed by atoms with van der Waals surface area (Å²) in [6.07, 6.45) is 8.92. The van der Waals surface area contributed by atoms with Crippen LogP contribution in [0.3, 0.4) is 0 Å². The summed E-state index contributed by atoms with van der Waals surface area (Å²) in [6.45, 7) is 6.17. The molecule has 0 unspecified atom stereocenters. The van der Waals surface area contributed by atoms with Gasteiger partial charge in [-0.25, -0.2) is 0 Å². The summed E-state index contributed by atoms with van der Waals surface area (Å²) in [5, 5.41) is 8.52.